The monoisotopic (exact) mass is 705 g/mol. The summed E-state index contributed by atoms with van der Waals surface area (Å²) in [5, 5.41) is 10.9. The molecule has 270 valence electrons. The minimum absolute atomic E-state index is 0.105. The fourth-order valence-corrected chi connectivity index (χ4v) is 8.19. The molecule has 3 aromatic rings. The average Bonchev–Trinajstić information content (AvgIpc) is 3.56. The molecule has 4 aliphatic heterocycles. The molecule has 0 saturated carbocycles. The number of carbonyl (C=O) groups is 4. The second kappa shape index (κ2) is 14.4. The highest BCUT2D eigenvalue weighted by Gasteiger charge is 2.72. The summed E-state index contributed by atoms with van der Waals surface area (Å²) in [4.78, 5) is 62.7. The van der Waals surface area contributed by atoms with Crippen molar-refractivity contribution in [3.63, 3.8) is 0 Å². The Balaban J connectivity index is 1.36. The van der Waals surface area contributed by atoms with Crippen LogP contribution in [-0.4, -0.2) is 89.7 Å². The third-order valence-corrected chi connectivity index (χ3v) is 10.9. The van der Waals surface area contributed by atoms with Crippen LogP contribution in [0.3, 0.4) is 0 Å². The smallest absolute Gasteiger partial charge is 0.313 e. The van der Waals surface area contributed by atoms with E-state index in [0.29, 0.717) is 29.0 Å². The van der Waals surface area contributed by atoms with Crippen molar-refractivity contribution in [2.75, 3.05) is 32.2 Å². The van der Waals surface area contributed by atoms with E-state index in [1.807, 2.05) is 55.5 Å². The number of benzene rings is 3. The van der Waals surface area contributed by atoms with Crippen LogP contribution in [-0.2, 0) is 28.7 Å². The number of hydrogen-bond acceptors (Lipinski definition) is 8. The van der Waals surface area contributed by atoms with Gasteiger partial charge in [-0.15, -0.1) is 0 Å². The number of hydrogen-bond donors (Lipinski definition) is 1. The molecule has 2 saturated heterocycles. The van der Waals surface area contributed by atoms with Crippen molar-refractivity contribution in [2.24, 2.45) is 11.8 Å². The zero-order valence-corrected chi connectivity index (χ0v) is 29.4. The lowest BCUT2D eigenvalue weighted by Crippen LogP contribution is -2.56. The zero-order chi connectivity index (χ0) is 36.6. The van der Waals surface area contributed by atoms with Gasteiger partial charge in [-0.05, 0) is 48.7 Å². The van der Waals surface area contributed by atoms with Crippen LogP contribution in [0.15, 0.2) is 109 Å². The molecule has 8 atom stereocenters. The van der Waals surface area contributed by atoms with Crippen molar-refractivity contribution < 1.29 is 38.5 Å². The number of rotatable bonds is 6. The predicted octanol–water partition coefficient (Wildman–Crippen LogP) is 4.39. The number of allylic oxidation sites excluding steroid dienone is 1. The Morgan fingerprint density at radius 2 is 1.62 bits per heavy atom. The lowest BCUT2D eigenvalue weighted by atomic mass is 9.77. The van der Waals surface area contributed by atoms with Crippen LogP contribution in [0.1, 0.15) is 43.0 Å². The number of ether oxygens (including phenoxy) is 3. The van der Waals surface area contributed by atoms with Gasteiger partial charge in [0.05, 0.1) is 37.8 Å². The molecule has 1 N–H and O–H groups in total. The maximum Gasteiger partial charge on any atom is 0.313 e. The summed E-state index contributed by atoms with van der Waals surface area (Å²) in [6.07, 6.45) is 5.87. The Bertz CT molecular complexity index is 1870. The van der Waals surface area contributed by atoms with Gasteiger partial charge in [0.1, 0.15) is 29.4 Å². The van der Waals surface area contributed by atoms with Gasteiger partial charge in [-0.25, -0.2) is 0 Å². The summed E-state index contributed by atoms with van der Waals surface area (Å²) in [5.41, 5.74) is 0.327. The highest BCUT2D eigenvalue weighted by atomic mass is 16.6. The van der Waals surface area contributed by atoms with E-state index in [4.69, 9.17) is 14.2 Å². The molecule has 3 amide bonds. The van der Waals surface area contributed by atoms with Crippen molar-refractivity contribution >= 4 is 29.4 Å². The van der Waals surface area contributed by atoms with Gasteiger partial charge in [-0.2, -0.15) is 0 Å². The largest absolute Gasteiger partial charge is 0.497 e. The van der Waals surface area contributed by atoms with Gasteiger partial charge in [-0.3, -0.25) is 19.2 Å². The number of amides is 3. The Labute approximate surface area is 303 Å². The summed E-state index contributed by atoms with van der Waals surface area (Å²) in [6.45, 7) is 1.54. The molecule has 0 unspecified atom stereocenters. The predicted molar refractivity (Wildman–Crippen MR) is 192 cm³/mol. The number of cyclic esters (lactones) is 1. The Hall–Kier alpha value is -5.26. The molecular formula is C41H43N3O8. The van der Waals surface area contributed by atoms with Gasteiger partial charge in [0.25, 0.3) is 5.91 Å². The Kier molecular flexibility index (Phi) is 9.73. The molecule has 0 aliphatic carbocycles. The third-order valence-electron chi connectivity index (χ3n) is 10.9. The first kappa shape index (κ1) is 35.2. The minimum atomic E-state index is -1.59. The van der Waals surface area contributed by atoms with Gasteiger partial charge in [0.2, 0.25) is 11.8 Å². The number of fused-ring (bicyclic) bond motifs is 2. The summed E-state index contributed by atoms with van der Waals surface area (Å²) in [6, 6.07) is 22.6. The maximum atomic E-state index is 15.1. The lowest BCUT2D eigenvalue weighted by molar-refractivity contribution is -0.164. The van der Waals surface area contributed by atoms with Crippen molar-refractivity contribution in [1.29, 1.82) is 0 Å². The van der Waals surface area contributed by atoms with E-state index >= 15 is 9.59 Å². The summed E-state index contributed by atoms with van der Waals surface area (Å²) in [7, 11) is 3.26. The standard InChI is InChI=1S/C41H43N3O8/c1-26-36(28-15-8-5-9-16-28)51-40(49)34-32(17-10-11-18-33(46)42(26)2)52-41-23-12-24-43(29-19-21-30(50-3)22-20-29)39(48)37(41)44(38(47)35(34)41)31(25-45)27-13-6-4-7-14-27/h4-10,12-17,19-23,26,31-32,34-37,45H,11,18,24-25H2,1-3H3/b17-10-/t26-,31-,32-,34+,35+,36+,37-,41+/m1/s1. The molecule has 4 heterocycles. The van der Waals surface area contributed by atoms with Crippen LogP contribution >= 0.6 is 0 Å². The van der Waals surface area contributed by atoms with Gasteiger partial charge in [-0.1, -0.05) is 85.0 Å². The number of carbonyl (C=O) groups excluding carboxylic acids is 4. The number of nitrogens with zero attached hydrogens (tertiary/aromatic N) is 3. The van der Waals surface area contributed by atoms with E-state index in [2.05, 4.69) is 0 Å². The van der Waals surface area contributed by atoms with E-state index < -0.39 is 72.2 Å². The van der Waals surface area contributed by atoms with E-state index in [0.717, 1.165) is 0 Å². The van der Waals surface area contributed by atoms with Crippen LogP contribution < -0.4 is 9.64 Å². The lowest BCUT2D eigenvalue weighted by Gasteiger charge is -2.38. The molecule has 0 bridgehead atoms. The first-order chi connectivity index (χ1) is 25.2. The minimum Gasteiger partial charge on any atom is -0.497 e. The molecular weight excluding hydrogens is 662 g/mol. The van der Waals surface area contributed by atoms with Crippen molar-refractivity contribution in [3.8, 4) is 5.75 Å². The fourth-order valence-electron chi connectivity index (χ4n) is 8.19. The fraction of sp³-hybridized carbons (Fsp3) is 0.366. The highest BCUT2D eigenvalue weighted by molar-refractivity contribution is 6.05. The number of aliphatic hydroxyl groups excluding tert-OH is 1. The second-order valence-corrected chi connectivity index (χ2v) is 13.7. The normalized spacial score (nSPS) is 30.3. The maximum absolute atomic E-state index is 15.1. The molecule has 11 heteroatoms. The third kappa shape index (κ3) is 5.97. The number of aliphatic hydroxyl groups is 1. The van der Waals surface area contributed by atoms with Crippen LogP contribution in [0, 0.1) is 11.8 Å². The van der Waals surface area contributed by atoms with Gasteiger partial charge < -0.3 is 34.0 Å². The molecule has 0 aromatic heterocycles. The number of methoxy groups -OCH3 is 1. The molecule has 3 aromatic carbocycles. The molecule has 4 aliphatic rings. The summed E-state index contributed by atoms with van der Waals surface area (Å²) >= 11 is 0. The van der Waals surface area contributed by atoms with E-state index in [1.54, 1.807) is 84.7 Å². The number of likely N-dealkylation sites (tertiary alicyclic amines) is 1. The molecule has 52 heavy (non-hydrogen) atoms. The molecule has 1 spiro atoms. The van der Waals surface area contributed by atoms with Crippen LogP contribution in [0.5, 0.6) is 5.75 Å². The Morgan fingerprint density at radius 3 is 2.29 bits per heavy atom. The van der Waals surface area contributed by atoms with Crippen molar-refractivity contribution in [1.82, 2.24) is 9.80 Å². The number of esters is 1. The zero-order valence-electron chi connectivity index (χ0n) is 29.4. The van der Waals surface area contributed by atoms with E-state index in [1.165, 1.54) is 4.90 Å². The van der Waals surface area contributed by atoms with Crippen LogP contribution in [0.25, 0.3) is 0 Å². The second-order valence-electron chi connectivity index (χ2n) is 13.7. The Morgan fingerprint density at radius 1 is 0.923 bits per heavy atom. The van der Waals surface area contributed by atoms with Gasteiger partial charge in [0, 0.05) is 25.7 Å². The van der Waals surface area contributed by atoms with Crippen LogP contribution in [0.2, 0.25) is 0 Å². The molecule has 0 radical (unpaired) electrons. The van der Waals surface area contributed by atoms with Crippen molar-refractivity contribution in [3.05, 3.63) is 120 Å². The van der Waals surface area contributed by atoms with Crippen molar-refractivity contribution in [2.45, 2.75) is 55.7 Å². The SMILES string of the molecule is COc1ccc(N2CC=C[C@]34O[C@@H]5/C=C\CCC(=O)N(C)[C@H](C)[C@@H](c6ccccc6)OC(=O)[C@@H]5[C@H]3C(=O)N([C@H](CO)c3ccccc3)[C@@H]4C2=O)cc1. The first-order valence-corrected chi connectivity index (χ1v) is 17.7. The highest BCUT2D eigenvalue weighted by Crippen LogP contribution is 2.55. The number of anilines is 1. The van der Waals surface area contributed by atoms with Gasteiger partial charge >= 0.3 is 5.97 Å². The summed E-state index contributed by atoms with van der Waals surface area (Å²) in [5.74, 6) is -3.38. The quantitative estimate of drug-likeness (QED) is 0.296. The molecule has 2 fully saturated rings. The number of likely N-dealkylation sites (N-methyl/N-ethyl adjacent to an activating group) is 1. The van der Waals surface area contributed by atoms with E-state index in [-0.39, 0.29) is 18.9 Å². The average molecular weight is 706 g/mol. The molecule has 11 nitrogen and oxygen atoms in total. The van der Waals surface area contributed by atoms with Gasteiger partial charge in [0.15, 0.2) is 0 Å². The van der Waals surface area contributed by atoms with E-state index in [9.17, 15) is 14.7 Å². The first-order valence-electron chi connectivity index (χ1n) is 17.7. The van der Waals surface area contributed by atoms with Crippen LogP contribution in [0.4, 0.5) is 5.69 Å². The topological polar surface area (TPSA) is 126 Å². The molecule has 7 rings (SSSR count). The summed E-state index contributed by atoms with van der Waals surface area (Å²) < 4.78 is 18.6.